The normalized spacial score (nSPS) is 11.1. The van der Waals surface area contributed by atoms with Crippen LogP contribution in [0.2, 0.25) is 0 Å². The summed E-state index contributed by atoms with van der Waals surface area (Å²) in [5.74, 6) is -0.951. The van der Waals surface area contributed by atoms with E-state index < -0.39 is 17.5 Å². The number of methoxy groups -OCH3 is 2. The van der Waals surface area contributed by atoms with Crippen molar-refractivity contribution in [3.05, 3.63) is 39.9 Å². The fraction of sp³-hybridized carbons (Fsp3) is 0.333. The van der Waals surface area contributed by atoms with E-state index in [0.29, 0.717) is 5.56 Å². The molecule has 25 heavy (non-hydrogen) atoms. The van der Waals surface area contributed by atoms with Crippen molar-refractivity contribution in [2.45, 2.75) is 26.3 Å². The molecule has 0 saturated heterocycles. The molecule has 0 fully saturated rings. The summed E-state index contributed by atoms with van der Waals surface area (Å²) in [7, 11) is 2.50. The fourth-order valence-corrected chi connectivity index (χ4v) is 2.52. The van der Waals surface area contributed by atoms with Crippen molar-refractivity contribution >= 4 is 33.8 Å². The van der Waals surface area contributed by atoms with Crippen LogP contribution in [0.25, 0.3) is 11.3 Å². The molecule has 1 heterocycles. The van der Waals surface area contributed by atoms with Crippen LogP contribution in [-0.4, -0.2) is 31.7 Å². The van der Waals surface area contributed by atoms with Crippen molar-refractivity contribution in [3.8, 4) is 11.3 Å². The molecule has 0 atom stereocenters. The van der Waals surface area contributed by atoms with Gasteiger partial charge in [-0.15, -0.1) is 0 Å². The van der Waals surface area contributed by atoms with Crippen LogP contribution in [0.3, 0.4) is 0 Å². The molecule has 0 amide bonds. The summed E-state index contributed by atoms with van der Waals surface area (Å²) >= 11 is 3.36. The molecule has 1 N–H and O–H groups in total. The van der Waals surface area contributed by atoms with E-state index in [1.165, 1.54) is 14.2 Å². The summed E-state index contributed by atoms with van der Waals surface area (Å²) in [6.07, 6.45) is 0. The summed E-state index contributed by atoms with van der Waals surface area (Å²) in [4.78, 5) is 24.7. The van der Waals surface area contributed by atoms with Gasteiger partial charge in [-0.2, -0.15) is 0 Å². The van der Waals surface area contributed by atoms with Crippen LogP contribution < -0.4 is 5.32 Å². The number of furan rings is 1. The Morgan fingerprint density at radius 2 is 1.52 bits per heavy atom. The third-order valence-electron chi connectivity index (χ3n) is 3.28. The molecule has 0 saturated carbocycles. The van der Waals surface area contributed by atoms with Crippen LogP contribution >= 0.6 is 15.9 Å². The maximum Gasteiger partial charge on any atom is 0.344 e. The van der Waals surface area contributed by atoms with Gasteiger partial charge in [-0.25, -0.2) is 9.59 Å². The lowest BCUT2D eigenvalue weighted by molar-refractivity contribution is 0.0558. The van der Waals surface area contributed by atoms with Gasteiger partial charge in [0.1, 0.15) is 11.1 Å². The predicted octanol–water partition coefficient (Wildman–Crippen LogP) is 4.49. The maximum absolute atomic E-state index is 12.4. The first kappa shape index (κ1) is 19.1. The van der Waals surface area contributed by atoms with Gasteiger partial charge in [0.25, 0.3) is 0 Å². The molecule has 0 spiro atoms. The van der Waals surface area contributed by atoms with Crippen LogP contribution in [0, 0.1) is 0 Å². The molecule has 2 rings (SSSR count). The quantitative estimate of drug-likeness (QED) is 0.749. The second kappa shape index (κ2) is 7.31. The third kappa shape index (κ3) is 4.22. The van der Waals surface area contributed by atoms with E-state index in [9.17, 15) is 9.59 Å². The molecule has 0 bridgehead atoms. The molecule has 0 unspecified atom stereocenters. The van der Waals surface area contributed by atoms with Gasteiger partial charge in [0.05, 0.1) is 14.2 Å². The molecule has 0 aliphatic rings. The summed E-state index contributed by atoms with van der Waals surface area (Å²) < 4.78 is 16.4. The van der Waals surface area contributed by atoms with E-state index in [-0.39, 0.29) is 22.8 Å². The smallest absolute Gasteiger partial charge is 0.344 e. The van der Waals surface area contributed by atoms with Crippen LogP contribution in [0.4, 0.5) is 5.88 Å². The topological polar surface area (TPSA) is 77.8 Å². The minimum Gasteiger partial charge on any atom is -0.465 e. The summed E-state index contributed by atoms with van der Waals surface area (Å²) in [5, 5.41) is 3.10. The molecule has 1 aromatic carbocycles. The zero-order valence-electron chi connectivity index (χ0n) is 14.7. The highest BCUT2D eigenvalue weighted by Crippen LogP contribution is 2.37. The fourth-order valence-electron chi connectivity index (χ4n) is 2.26. The van der Waals surface area contributed by atoms with Gasteiger partial charge in [0.2, 0.25) is 5.88 Å². The number of carbonyl (C=O) groups excluding carboxylic acids is 2. The summed E-state index contributed by atoms with van der Waals surface area (Å²) in [6, 6.07) is 7.18. The van der Waals surface area contributed by atoms with Crippen molar-refractivity contribution in [3.63, 3.8) is 0 Å². The second-order valence-corrected chi connectivity index (χ2v) is 7.29. The van der Waals surface area contributed by atoms with Crippen LogP contribution in [0.5, 0.6) is 0 Å². The lowest BCUT2D eigenvalue weighted by Crippen LogP contribution is -2.27. The Hall–Kier alpha value is -2.28. The van der Waals surface area contributed by atoms with Gasteiger partial charge in [-0.3, -0.25) is 0 Å². The first-order valence-electron chi connectivity index (χ1n) is 7.55. The molecule has 7 heteroatoms. The summed E-state index contributed by atoms with van der Waals surface area (Å²) in [5.41, 5.74) is 0.284. The van der Waals surface area contributed by atoms with E-state index >= 15 is 0 Å². The number of anilines is 1. The van der Waals surface area contributed by atoms with Crippen LogP contribution in [0.15, 0.2) is 33.2 Å². The lowest BCUT2D eigenvalue weighted by Gasteiger charge is -2.20. The van der Waals surface area contributed by atoms with Gasteiger partial charge in [0.15, 0.2) is 5.76 Å². The van der Waals surface area contributed by atoms with Gasteiger partial charge in [-0.05, 0) is 32.9 Å². The SMILES string of the molecule is COC(=O)c1c(NC(C)(C)C)oc(-c2ccc(Br)cc2)c1C(=O)OC. The van der Waals surface area contributed by atoms with Gasteiger partial charge < -0.3 is 19.2 Å². The first-order valence-corrected chi connectivity index (χ1v) is 8.34. The van der Waals surface area contributed by atoms with Gasteiger partial charge in [-0.1, -0.05) is 28.1 Å². The van der Waals surface area contributed by atoms with E-state index in [2.05, 4.69) is 21.2 Å². The monoisotopic (exact) mass is 409 g/mol. The first-order chi connectivity index (χ1) is 11.7. The number of nitrogens with one attached hydrogen (secondary N) is 1. The number of benzene rings is 1. The molecule has 0 aliphatic heterocycles. The van der Waals surface area contributed by atoms with E-state index in [1.807, 2.05) is 32.9 Å². The average molecular weight is 410 g/mol. The van der Waals surface area contributed by atoms with Crippen LogP contribution in [0.1, 0.15) is 41.5 Å². The standard InChI is InChI=1S/C18H20BrNO5/c1-18(2,3)20-15-13(17(22)24-5)12(16(21)23-4)14(25-15)10-6-8-11(19)9-7-10/h6-9,20H,1-5H3. The molecule has 0 aliphatic carbocycles. The minimum absolute atomic E-state index is 0.0159. The molecule has 1 aromatic heterocycles. The molecular weight excluding hydrogens is 390 g/mol. The number of hydrogen-bond donors (Lipinski definition) is 1. The average Bonchev–Trinajstić information content (AvgIpc) is 2.91. The highest BCUT2D eigenvalue weighted by Gasteiger charge is 2.33. The van der Waals surface area contributed by atoms with Crippen molar-refractivity contribution < 1.29 is 23.5 Å². The molecule has 6 nitrogen and oxygen atoms in total. The summed E-state index contributed by atoms with van der Waals surface area (Å²) in [6.45, 7) is 5.73. The van der Waals surface area contributed by atoms with E-state index in [4.69, 9.17) is 13.9 Å². The Morgan fingerprint density at radius 3 is 2.00 bits per heavy atom. The predicted molar refractivity (Wildman–Crippen MR) is 97.9 cm³/mol. The van der Waals surface area contributed by atoms with Crippen LogP contribution in [-0.2, 0) is 9.47 Å². The largest absolute Gasteiger partial charge is 0.465 e. The zero-order valence-corrected chi connectivity index (χ0v) is 16.3. The molecule has 2 aromatic rings. The Labute approximate surface area is 154 Å². The lowest BCUT2D eigenvalue weighted by atomic mass is 10.0. The number of halogens is 1. The van der Waals surface area contributed by atoms with Gasteiger partial charge in [0, 0.05) is 15.6 Å². The van der Waals surface area contributed by atoms with Crippen molar-refractivity contribution in [1.82, 2.24) is 0 Å². The third-order valence-corrected chi connectivity index (χ3v) is 3.81. The number of ether oxygens (including phenoxy) is 2. The number of hydrogen-bond acceptors (Lipinski definition) is 6. The van der Waals surface area contributed by atoms with Crippen molar-refractivity contribution in [1.29, 1.82) is 0 Å². The van der Waals surface area contributed by atoms with E-state index in [0.717, 1.165) is 4.47 Å². The van der Waals surface area contributed by atoms with Gasteiger partial charge >= 0.3 is 11.9 Å². The Bertz CT molecular complexity index is 787. The van der Waals surface area contributed by atoms with Crippen molar-refractivity contribution in [2.75, 3.05) is 19.5 Å². The molecule has 0 radical (unpaired) electrons. The van der Waals surface area contributed by atoms with Crippen molar-refractivity contribution in [2.24, 2.45) is 0 Å². The zero-order chi connectivity index (χ0) is 18.8. The minimum atomic E-state index is -0.681. The van der Waals surface area contributed by atoms with E-state index in [1.54, 1.807) is 12.1 Å². The highest BCUT2D eigenvalue weighted by atomic mass is 79.9. The number of carbonyl (C=O) groups is 2. The Morgan fingerprint density at radius 1 is 1.00 bits per heavy atom. The number of esters is 2. The second-order valence-electron chi connectivity index (χ2n) is 6.38. The Kier molecular flexibility index (Phi) is 5.57. The maximum atomic E-state index is 12.4. The molecule has 134 valence electrons. The number of rotatable bonds is 4. The molecular formula is C18H20BrNO5. The highest BCUT2D eigenvalue weighted by molar-refractivity contribution is 9.10. The Balaban J connectivity index is 2.75.